The van der Waals surface area contributed by atoms with E-state index in [1.54, 1.807) is 6.07 Å². The average Bonchev–Trinajstić information content (AvgIpc) is 3.45. The van der Waals surface area contributed by atoms with E-state index in [2.05, 4.69) is 0 Å². The van der Waals surface area contributed by atoms with Gasteiger partial charge in [0.1, 0.15) is 11.3 Å². The zero-order valence-electron chi connectivity index (χ0n) is 22.0. The van der Waals surface area contributed by atoms with E-state index in [1.807, 2.05) is 79.7 Å². The summed E-state index contributed by atoms with van der Waals surface area (Å²) < 4.78 is 6.24. The number of hydrogen-bond donors (Lipinski definition) is 2. The first-order valence-electron chi connectivity index (χ1n) is 12.7. The summed E-state index contributed by atoms with van der Waals surface area (Å²) in [6.45, 7) is 0. The molecule has 0 fully saturated rings. The van der Waals surface area contributed by atoms with Gasteiger partial charge in [0.15, 0.2) is 5.43 Å². The molecule has 41 heavy (non-hydrogen) atoms. The maximum Gasteiger partial charge on any atom is 0.336 e. The van der Waals surface area contributed by atoms with E-state index in [1.165, 1.54) is 29.5 Å². The van der Waals surface area contributed by atoms with E-state index in [-0.39, 0.29) is 16.6 Å². The third kappa shape index (κ3) is 4.64. The smallest absolute Gasteiger partial charge is 0.336 e. The summed E-state index contributed by atoms with van der Waals surface area (Å²) >= 11 is 1.49. The van der Waals surface area contributed by atoms with Gasteiger partial charge in [-0.2, -0.15) is 0 Å². The Morgan fingerprint density at radius 1 is 0.756 bits per heavy atom. The minimum atomic E-state index is -1.26. The number of thiophene rings is 1. The predicted molar refractivity (Wildman–Crippen MR) is 162 cm³/mol. The van der Waals surface area contributed by atoms with Gasteiger partial charge in [-0.05, 0) is 53.6 Å². The first-order valence-corrected chi connectivity index (χ1v) is 13.5. The normalized spacial score (nSPS) is 11.2. The molecule has 0 amide bonds. The molecule has 6 rings (SSSR count). The molecule has 4 aromatic rings. The molecule has 3 aromatic carbocycles. The van der Waals surface area contributed by atoms with Crippen LogP contribution in [0.3, 0.4) is 0 Å². The number of rotatable bonds is 6. The number of hydrogen-bond acceptors (Lipinski definition) is 6. The molecular weight excluding hydrogens is 538 g/mol. The molecule has 0 atom stereocenters. The molecule has 0 saturated heterocycles. The standard InChI is InChI=1S/C33H23NO6S/c1-34(2)20-9-11-22-27(15-20)40-28-17-26(35)24(30-13-12-29(41-30)18-6-4-3-5-7-18)16-25(28)31(22)21-10-8-19(32(36)37)14-23(21)33(38)39/h3-17H,1-2H3,(H,36,37)(H,38,39). The summed E-state index contributed by atoms with van der Waals surface area (Å²) in [6.07, 6.45) is 0. The zero-order chi connectivity index (χ0) is 28.8. The van der Waals surface area contributed by atoms with Crippen molar-refractivity contribution in [2.24, 2.45) is 0 Å². The second-order valence-corrected chi connectivity index (χ2v) is 10.9. The molecule has 1 aliphatic heterocycles. The van der Waals surface area contributed by atoms with Gasteiger partial charge in [0.05, 0.1) is 11.1 Å². The Morgan fingerprint density at radius 3 is 2.22 bits per heavy atom. The molecular formula is C33H23NO6S. The van der Waals surface area contributed by atoms with Crippen LogP contribution in [0.2, 0.25) is 0 Å². The van der Waals surface area contributed by atoms with Crippen LogP contribution in [0, 0.1) is 0 Å². The maximum absolute atomic E-state index is 13.4. The third-order valence-corrected chi connectivity index (χ3v) is 8.19. The highest BCUT2D eigenvalue weighted by molar-refractivity contribution is 7.18. The van der Waals surface area contributed by atoms with Gasteiger partial charge >= 0.3 is 11.9 Å². The van der Waals surface area contributed by atoms with Crippen LogP contribution in [-0.4, -0.2) is 36.2 Å². The Bertz CT molecular complexity index is 2000. The average molecular weight is 562 g/mol. The van der Waals surface area contributed by atoms with Crippen LogP contribution in [0.1, 0.15) is 20.7 Å². The second kappa shape index (κ2) is 10.1. The largest absolute Gasteiger partial charge is 0.478 e. The highest BCUT2D eigenvalue weighted by Gasteiger charge is 2.25. The summed E-state index contributed by atoms with van der Waals surface area (Å²) in [4.78, 5) is 41.1. The quantitative estimate of drug-likeness (QED) is 0.204. The van der Waals surface area contributed by atoms with Crippen molar-refractivity contribution in [3.05, 3.63) is 112 Å². The van der Waals surface area contributed by atoms with E-state index in [9.17, 15) is 24.6 Å². The molecule has 1 aromatic heterocycles. The number of aromatic carboxylic acids is 2. The Kier molecular flexibility index (Phi) is 6.40. The van der Waals surface area contributed by atoms with Crippen molar-refractivity contribution in [3.63, 3.8) is 0 Å². The minimum absolute atomic E-state index is 0.134. The Morgan fingerprint density at radius 2 is 1.51 bits per heavy atom. The first kappa shape index (κ1) is 26.0. The van der Waals surface area contributed by atoms with Crippen LogP contribution in [-0.2, 0) is 0 Å². The van der Waals surface area contributed by atoms with Gasteiger partial charge in [-0.1, -0.05) is 36.4 Å². The lowest BCUT2D eigenvalue weighted by molar-refractivity contribution is 0.0696. The number of fused-ring (bicyclic) bond motifs is 2. The number of anilines is 1. The lowest BCUT2D eigenvalue weighted by Gasteiger charge is -2.19. The van der Waals surface area contributed by atoms with E-state index >= 15 is 0 Å². The van der Waals surface area contributed by atoms with E-state index in [4.69, 9.17) is 4.42 Å². The zero-order valence-corrected chi connectivity index (χ0v) is 22.9. The van der Waals surface area contributed by atoms with Gasteiger partial charge in [0.25, 0.3) is 0 Å². The van der Waals surface area contributed by atoms with Gasteiger partial charge in [-0.25, -0.2) is 9.59 Å². The molecule has 2 N–H and O–H groups in total. The van der Waals surface area contributed by atoms with Crippen molar-refractivity contribution < 1.29 is 24.2 Å². The SMILES string of the molecule is CN(C)c1ccc2c(-c3ccc(C(=O)O)cc3C(=O)O)c3cc(-c4ccc(-c5ccccc5)s4)c(=O)cc-3oc2c1. The molecule has 0 saturated carbocycles. The summed E-state index contributed by atoms with van der Waals surface area (Å²) in [6, 6.07) is 26.6. The van der Waals surface area contributed by atoms with Crippen molar-refractivity contribution in [1.82, 2.24) is 0 Å². The predicted octanol–water partition coefficient (Wildman–Crippen LogP) is 7.42. The molecule has 2 aliphatic rings. The molecule has 2 heterocycles. The van der Waals surface area contributed by atoms with Crippen LogP contribution >= 0.6 is 11.3 Å². The van der Waals surface area contributed by atoms with Crippen LogP contribution in [0.4, 0.5) is 5.69 Å². The van der Waals surface area contributed by atoms with Crippen LogP contribution in [0.15, 0.2) is 100 Å². The number of carboxylic acid groups (broad SMARTS) is 2. The highest BCUT2D eigenvalue weighted by atomic mass is 32.1. The van der Waals surface area contributed by atoms with E-state index < -0.39 is 11.9 Å². The Balaban J connectivity index is 1.66. The number of carboxylic acids is 2. The summed E-state index contributed by atoms with van der Waals surface area (Å²) in [5.74, 6) is -2.19. The van der Waals surface area contributed by atoms with Gasteiger partial charge in [0.2, 0.25) is 0 Å². The fourth-order valence-corrected chi connectivity index (χ4v) is 6.01. The van der Waals surface area contributed by atoms with Gasteiger partial charge < -0.3 is 19.5 Å². The summed E-state index contributed by atoms with van der Waals surface area (Å²) in [7, 11) is 3.78. The number of carbonyl (C=O) groups is 2. The minimum Gasteiger partial charge on any atom is -0.478 e. The maximum atomic E-state index is 13.4. The molecule has 8 heteroatoms. The fourth-order valence-electron chi connectivity index (χ4n) is 4.98. The van der Waals surface area contributed by atoms with Gasteiger partial charge in [0, 0.05) is 63.7 Å². The van der Waals surface area contributed by atoms with Crippen molar-refractivity contribution >= 4 is 39.9 Å². The first-order chi connectivity index (χ1) is 19.7. The van der Waals surface area contributed by atoms with Gasteiger partial charge in [-0.15, -0.1) is 11.3 Å². The monoisotopic (exact) mass is 561 g/mol. The topological polar surface area (TPSA) is 108 Å². The third-order valence-electron chi connectivity index (χ3n) is 7.02. The van der Waals surface area contributed by atoms with Crippen LogP contribution in [0.25, 0.3) is 54.3 Å². The molecule has 0 unspecified atom stereocenters. The molecule has 0 radical (unpaired) electrons. The van der Waals surface area contributed by atoms with Crippen molar-refractivity contribution in [3.8, 4) is 43.3 Å². The van der Waals surface area contributed by atoms with Crippen molar-refractivity contribution in [2.45, 2.75) is 0 Å². The summed E-state index contributed by atoms with van der Waals surface area (Å²) in [5, 5.41) is 20.3. The van der Waals surface area contributed by atoms with E-state index in [0.717, 1.165) is 27.1 Å². The second-order valence-electron chi connectivity index (χ2n) is 9.80. The van der Waals surface area contributed by atoms with Crippen LogP contribution < -0.4 is 10.3 Å². The molecule has 0 bridgehead atoms. The fraction of sp³-hybridized carbons (Fsp3) is 0.0606. The Hall–Kier alpha value is -5.21. The lowest BCUT2D eigenvalue weighted by Crippen LogP contribution is -2.09. The molecule has 7 nitrogen and oxygen atoms in total. The molecule has 0 spiro atoms. The molecule has 202 valence electrons. The van der Waals surface area contributed by atoms with Crippen LogP contribution in [0.5, 0.6) is 0 Å². The summed E-state index contributed by atoms with van der Waals surface area (Å²) in [5.41, 5.74) is 3.72. The number of benzene rings is 4. The lowest BCUT2D eigenvalue weighted by atomic mass is 9.89. The highest BCUT2D eigenvalue weighted by Crippen LogP contribution is 2.44. The van der Waals surface area contributed by atoms with Gasteiger partial charge in [-0.3, -0.25) is 4.79 Å². The molecule has 1 aliphatic carbocycles. The van der Waals surface area contributed by atoms with Crippen molar-refractivity contribution in [2.75, 3.05) is 19.0 Å². The van der Waals surface area contributed by atoms with Crippen molar-refractivity contribution in [1.29, 1.82) is 0 Å². The Labute approximate surface area is 238 Å². The van der Waals surface area contributed by atoms with E-state index in [0.29, 0.717) is 39.0 Å². The number of nitrogens with zero attached hydrogens (tertiary/aromatic N) is 1.